The van der Waals surface area contributed by atoms with E-state index < -0.39 is 11.6 Å². The van der Waals surface area contributed by atoms with E-state index in [-0.39, 0.29) is 6.54 Å². The summed E-state index contributed by atoms with van der Waals surface area (Å²) in [6.07, 6.45) is 0. The average molecular weight is 200 g/mol. The summed E-state index contributed by atoms with van der Waals surface area (Å²) < 4.78 is 0. The first-order valence-corrected chi connectivity index (χ1v) is 4.70. The van der Waals surface area contributed by atoms with Gasteiger partial charge in [-0.15, -0.1) is 11.3 Å². The van der Waals surface area contributed by atoms with E-state index in [2.05, 4.69) is 5.32 Å². The molecule has 0 aromatic carbocycles. The van der Waals surface area contributed by atoms with Gasteiger partial charge in [0.15, 0.2) is 0 Å². The van der Waals surface area contributed by atoms with Gasteiger partial charge in [-0.2, -0.15) is 0 Å². The molecule has 5 heteroatoms. The lowest BCUT2D eigenvalue weighted by Crippen LogP contribution is -2.40. The number of thiophene rings is 1. The fourth-order valence-corrected chi connectivity index (χ4v) is 1.72. The lowest BCUT2D eigenvalue weighted by atomic mass is 10.1. The van der Waals surface area contributed by atoms with E-state index in [0.717, 1.165) is 4.88 Å². The van der Waals surface area contributed by atoms with Crippen LogP contribution in [0.4, 0.5) is 4.79 Å². The number of amides is 2. The Hall–Kier alpha value is -1.07. The molecule has 0 radical (unpaired) electrons. The third kappa shape index (κ3) is 2.71. The molecular weight excluding hydrogens is 188 g/mol. The Morgan fingerprint density at radius 2 is 2.54 bits per heavy atom. The minimum absolute atomic E-state index is 0.128. The van der Waals surface area contributed by atoms with Gasteiger partial charge in [0.05, 0.1) is 6.54 Å². The molecule has 0 bridgehead atoms. The molecular formula is C8H12N2O2S. The van der Waals surface area contributed by atoms with Gasteiger partial charge in [0.1, 0.15) is 5.60 Å². The van der Waals surface area contributed by atoms with Crippen molar-refractivity contribution in [2.24, 2.45) is 5.73 Å². The molecule has 1 aromatic heterocycles. The summed E-state index contributed by atoms with van der Waals surface area (Å²) >= 11 is 1.44. The Labute approximate surface area is 80.4 Å². The summed E-state index contributed by atoms with van der Waals surface area (Å²) in [6, 6.07) is 3.03. The predicted octanol–water partition coefficient (Wildman–Crippen LogP) is 0.624. The Kier molecular flexibility index (Phi) is 2.90. The molecule has 0 saturated carbocycles. The first kappa shape index (κ1) is 10.0. The van der Waals surface area contributed by atoms with Crippen LogP contribution in [0.25, 0.3) is 0 Å². The minimum Gasteiger partial charge on any atom is -0.383 e. The maximum atomic E-state index is 10.4. The van der Waals surface area contributed by atoms with E-state index in [1.165, 1.54) is 11.3 Å². The van der Waals surface area contributed by atoms with Crippen LogP contribution in [0.1, 0.15) is 11.8 Å². The highest BCUT2D eigenvalue weighted by molar-refractivity contribution is 7.10. The van der Waals surface area contributed by atoms with Crippen LogP contribution in [-0.4, -0.2) is 17.7 Å². The van der Waals surface area contributed by atoms with Crippen molar-refractivity contribution < 1.29 is 9.90 Å². The largest absolute Gasteiger partial charge is 0.383 e. The smallest absolute Gasteiger partial charge is 0.312 e. The predicted molar refractivity (Wildman–Crippen MR) is 51.5 cm³/mol. The number of nitrogens with one attached hydrogen (secondary N) is 1. The molecule has 0 spiro atoms. The molecule has 13 heavy (non-hydrogen) atoms. The lowest BCUT2D eigenvalue weighted by Gasteiger charge is -2.21. The summed E-state index contributed by atoms with van der Waals surface area (Å²) in [5.41, 5.74) is 3.86. The Morgan fingerprint density at radius 3 is 3.00 bits per heavy atom. The number of primary amides is 1. The van der Waals surface area contributed by atoms with Crippen molar-refractivity contribution in [3.05, 3.63) is 22.4 Å². The molecule has 0 fully saturated rings. The van der Waals surface area contributed by atoms with Gasteiger partial charge < -0.3 is 16.2 Å². The van der Waals surface area contributed by atoms with Gasteiger partial charge in [-0.25, -0.2) is 4.79 Å². The number of rotatable bonds is 3. The van der Waals surface area contributed by atoms with Gasteiger partial charge in [-0.1, -0.05) is 6.07 Å². The van der Waals surface area contributed by atoms with E-state index in [1.807, 2.05) is 17.5 Å². The Bertz CT molecular complexity index is 282. The van der Waals surface area contributed by atoms with Crippen LogP contribution in [0.2, 0.25) is 0 Å². The van der Waals surface area contributed by atoms with Gasteiger partial charge in [-0.05, 0) is 18.4 Å². The van der Waals surface area contributed by atoms with Crippen molar-refractivity contribution >= 4 is 17.4 Å². The molecule has 4 nitrogen and oxygen atoms in total. The molecule has 1 unspecified atom stereocenters. The number of nitrogens with two attached hydrogens (primary N) is 1. The fraction of sp³-hybridized carbons (Fsp3) is 0.375. The van der Waals surface area contributed by atoms with Crippen molar-refractivity contribution in [2.45, 2.75) is 12.5 Å². The summed E-state index contributed by atoms with van der Waals surface area (Å²) in [5, 5.41) is 14.1. The van der Waals surface area contributed by atoms with Crippen molar-refractivity contribution in [3.8, 4) is 0 Å². The topological polar surface area (TPSA) is 75.3 Å². The number of urea groups is 1. The number of carbonyl (C=O) groups is 1. The highest BCUT2D eigenvalue weighted by Crippen LogP contribution is 2.24. The Morgan fingerprint density at radius 1 is 1.85 bits per heavy atom. The highest BCUT2D eigenvalue weighted by atomic mass is 32.1. The number of hydrogen-bond acceptors (Lipinski definition) is 3. The maximum Gasteiger partial charge on any atom is 0.312 e. The van der Waals surface area contributed by atoms with E-state index in [4.69, 9.17) is 5.73 Å². The molecule has 2 amide bonds. The monoisotopic (exact) mass is 200 g/mol. The van der Waals surface area contributed by atoms with E-state index in [9.17, 15) is 9.90 Å². The molecule has 4 N–H and O–H groups in total. The van der Waals surface area contributed by atoms with Crippen molar-refractivity contribution in [3.63, 3.8) is 0 Å². The van der Waals surface area contributed by atoms with E-state index in [0.29, 0.717) is 0 Å². The zero-order chi connectivity index (χ0) is 9.90. The van der Waals surface area contributed by atoms with Gasteiger partial charge in [-0.3, -0.25) is 0 Å². The number of carbonyl (C=O) groups excluding carboxylic acids is 1. The summed E-state index contributed by atoms with van der Waals surface area (Å²) in [5.74, 6) is 0. The van der Waals surface area contributed by atoms with E-state index >= 15 is 0 Å². The maximum absolute atomic E-state index is 10.4. The van der Waals surface area contributed by atoms with Gasteiger partial charge >= 0.3 is 6.03 Å². The summed E-state index contributed by atoms with van der Waals surface area (Å²) in [4.78, 5) is 11.2. The molecule has 1 aromatic rings. The van der Waals surface area contributed by atoms with E-state index in [1.54, 1.807) is 6.92 Å². The summed E-state index contributed by atoms with van der Waals surface area (Å²) in [6.45, 7) is 1.76. The van der Waals surface area contributed by atoms with Crippen molar-refractivity contribution in [2.75, 3.05) is 6.54 Å². The second-order valence-electron chi connectivity index (χ2n) is 2.97. The summed E-state index contributed by atoms with van der Waals surface area (Å²) in [7, 11) is 0. The lowest BCUT2D eigenvalue weighted by molar-refractivity contribution is 0.0635. The molecule has 1 atom stereocenters. The molecule has 0 aliphatic heterocycles. The highest BCUT2D eigenvalue weighted by Gasteiger charge is 2.24. The van der Waals surface area contributed by atoms with Gasteiger partial charge in [0, 0.05) is 4.88 Å². The van der Waals surface area contributed by atoms with Gasteiger partial charge in [0.25, 0.3) is 0 Å². The SMILES string of the molecule is CC(O)(CNC(N)=O)c1cccs1. The zero-order valence-corrected chi connectivity index (χ0v) is 8.10. The quantitative estimate of drug-likeness (QED) is 0.669. The number of aliphatic hydroxyl groups is 1. The van der Waals surface area contributed by atoms with Crippen LogP contribution < -0.4 is 11.1 Å². The van der Waals surface area contributed by atoms with Crippen LogP contribution in [0.15, 0.2) is 17.5 Å². The molecule has 1 heterocycles. The Balaban J connectivity index is 2.61. The van der Waals surface area contributed by atoms with Crippen LogP contribution >= 0.6 is 11.3 Å². The minimum atomic E-state index is -1.04. The van der Waals surface area contributed by atoms with Crippen molar-refractivity contribution in [1.29, 1.82) is 0 Å². The van der Waals surface area contributed by atoms with Crippen LogP contribution in [0.3, 0.4) is 0 Å². The first-order chi connectivity index (χ1) is 6.02. The number of hydrogen-bond donors (Lipinski definition) is 3. The third-order valence-corrected chi connectivity index (χ3v) is 2.78. The normalized spacial score (nSPS) is 14.9. The first-order valence-electron chi connectivity index (χ1n) is 3.82. The standard InChI is InChI=1S/C8H12N2O2S/c1-8(12,5-10-7(9)11)6-3-2-4-13-6/h2-4,12H,5H2,1H3,(H3,9,10,11). The van der Waals surface area contributed by atoms with Crippen LogP contribution in [0, 0.1) is 0 Å². The molecule has 0 aliphatic rings. The second kappa shape index (κ2) is 3.76. The third-order valence-electron chi connectivity index (χ3n) is 1.66. The molecule has 72 valence electrons. The fourth-order valence-electron chi connectivity index (χ4n) is 0.931. The van der Waals surface area contributed by atoms with Crippen molar-refractivity contribution in [1.82, 2.24) is 5.32 Å². The molecule has 0 saturated heterocycles. The second-order valence-corrected chi connectivity index (χ2v) is 3.92. The molecule has 0 aliphatic carbocycles. The molecule has 1 rings (SSSR count). The van der Waals surface area contributed by atoms with Crippen LogP contribution in [-0.2, 0) is 5.60 Å². The van der Waals surface area contributed by atoms with Gasteiger partial charge in [0.2, 0.25) is 0 Å². The zero-order valence-electron chi connectivity index (χ0n) is 7.28. The van der Waals surface area contributed by atoms with Crippen LogP contribution in [0.5, 0.6) is 0 Å². The average Bonchev–Trinajstić information content (AvgIpc) is 2.53.